The molecule has 102 valence electrons. The van der Waals surface area contributed by atoms with Gasteiger partial charge in [0.1, 0.15) is 11.9 Å². The lowest BCUT2D eigenvalue weighted by molar-refractivity contribution is 0.225. The Balaban J connectivity index is 2.20. The van der Waals surface area contributed by atoms with Crippen molar-refractivity contribution in [1.29, 1.82) is 0 Å². The van der Waals surface area contributed by atoms with E-state index in [1.165, 1.54) is 10.9 Å². The fraction of sp³-hybridized carbons (Fsp3) is 0.176. The van der Waals surface area contributed by atoms with Crippen molar-refractivity contribution in [3.63, 3.8) is 0 Å². The summed E-state index contributed by atoms with van der Waals surface area (Å²) < 4.78 is 13.8. The van der Waals surface area contributed by atoms with Gasteiger partial charge < -0.3 is 5.11 Å². The highest BCUT2D eigenvalue weighted by atomic mass is 32.1. The van der Waals surface area contributed by atoms with Gasteiger partial charge in [0.05, 0.1) is 0 Å². The van der Waals surface area contributed by atoms with Gasteiger partial charge in [-0.2, -0.15) is 0 Å². The van der Waals surface area contributed by atoms with Crippen molar-refractivity contribution in [2.75, 3.05) is 0 Å². The zero-order valence-corrected chi connectivity index (χ0v) is 12.2. The van der Waals surface area contributed by atoms with E-state index in [1.54, 1.807) is 23.5 Å². The molecule has 20 heavy (non-hydrogen) atoms. The fourth-order valence-corrected chi connectivity index (χ4v) is 3.64. The fourth-order valence-electron chi connectivity index (χ4n) is 2.60. The molecule has 0 bridgehead atoms. The van der Waals surface area contributed by atoms with Crippen molar-refractivity contribution in [3.8, 4) is 0 Å². The van der Waals surface area contributed by atoms with Gasteiger partial charge in [-0.1, -0.05) is 30.3 Å². The number of hydrogen-bond donors (Lipinski definition) is 1. The standard InChI is InChI=1S/C17H15FOS/c1-10-9-11(2)20-17(10)16(19)14-7-8-15(18)13-6-4-3-5-12(13)14/h3-9,16,19H,1-2H3. The second-order valence-corrected chi connectivity index (χ2v) is 6.28. The lowest BCUT2D eigenvalue weighted by atomic mass is 9.98. The summed E-state index contributed by atoms with van der Waals surface area (Å²) in [6.07, 6.45) is -0.709. The molecule has 3 rings (SSSR count). The Morgan fingerprint density at radius 1 is 1.05 bits per heavy atom. The minimum absolute atomic E-state index is 0.254. The summed E-state index contributed by atoms with van der Waals surface area (Å²) in [6.45, 7) is 4.02. The second-order valence-electron chi connectivity index (χ2n) is 4.99. The average molecular weight is 286 g/mol. The van der Waals surface area contributed by atoms with Gasteiger partial charge in [0.25, 0.3) is 0 Å². The zero-order chi connectivity index (χ0) is 14.3. The molecule has 3 heteroatoms. The van der Waals surface area contributed by atoms with Crippen molar-refractivity contribution in [1.82, 2.24) is 0 Å². The van der Waals surface area contributed by atoms with Gasteiger partial charge in [0, 0.05) is 15.1 Å². The van der Waals surface area contributed by atoms with E-state index in [9.17, 15) is 9.50 Å². The van der Waals surface area contributed by atoms with Gasteiger partial charge in [-0.25, -0.2) is 4.39 Å². The average Bonchev–Trinajstić information content (AvgIpc) is 2.78. The molecular formula is C17H15FOS. The van der Waals surface area contributed by atoms with Crippen LogP contribution in [-0.2, 0) is 0 Å². The van der Waals surface area contributed by atoms with Crippen LogP contribution in [0.3, 0.4) is 0 Å². The molecule has 0 aliphatic heterocycles. The van der Waals surface area contributed by atoms with Crippen LogP contribution in [0.15, 0.2) is 42.5 Å². The van der Waals surface area contributed by atoms with Crippen molar-refractivity contribution >= 4 is 22.1 Å². The van der Waals surface area contributed by atoms with E-state index in [2.05, 4.69) is 6.07 Å². The van der Waals surface area contributed by atoms with Crippen LogP contribution in [0.1, 0.15) is 27.0 Å². The molecule has 0 saturated carbocycles. The first kappa shape index (κ1) is 13.3. The van der Waals surface area contributed by atoms with Gasteiger partial charge >= 0.3 is 0 Å². The molecule has 0 spiro atoms. The maximum atomic E-state index is 13.8. The molecule has 1 N–H and O–H groups in total. The zero-order valence-electron chi connectivity index (χ0n) is 11.4. The Morgan fingerprint density at radius 2 is 1.75 bits per heavy atom. The molecule has 1 heterocycles. The van der Waals surface area contributed by atoms with Gasteiger partial charge in [0.15, 0.2) is 0 Å². The summed E-state index contributed by atoms with van der Waals surface area (Å²) in [6, 6.07) is 12.4. The predicted octanol–water partition coefficient (Wildman–Crippen LogP) is 4.74. The summed E-state index contributed by atoms with van der Waals surface area (Å²) in [7, 11) is 0. The number of aliphatic hydroxyl groups excluding tert-OH is 1. The van der Waals surface area contributed by atoms with Crippen LogP contribution in [0.4, 0.5) is 4.39 Å². The molecule has 0 amide bonds. The molecule has 1 atom stereocenters. The van der Waals surface area contributed by atoms with Crippen LogP contribution in [0.5, 0.6) is 0 Å². The van der Waals surface area contributed by atoms with E-state index in [-0.39, 0.29) is 5.82 Å². The van der Waals surface area contributed by atoms with E-state index in [4.69, 9.17) is 0 Å². The van der Waals surface area contributed by atoms with E-state index < -0.39 is 6.10 Å². The highest BCUT2D eigenvalue weighted by molar-refractivity contribution is 7.12. The van der Waals surface area contributed by atoms with Gasteiger partial charge in [0.2, 0.25) is 0 Å². The van der Waals surface area contributed by atoms with E-state index >= 15 is 0 Å². The maximum absolute atomic E-state index is 13.8. The van der Waals surface area contributed by atoms with Crippen molar-refractivity contribution in [3.05, 3.63) is 69.2 Å². The number of rotatable bonds is 2. The first-order valence-electron chi connectivity index (χ1n) is 6.50. The van der Waals surface area contributed by atoms with Gasteiger partial charge in [-0.3, -0.25) is 0 Å². The minimum Gasteiger partial charge on any atom is -0.383 e. The maximum Gasteiger partial charge on any atom is 0.131 e. The summed E-state index contributed by atoms with van der Waals surface area (Å²) in [5.41, 5.74) is 1.83. The summed E-state index contributed by atoms with van der Waals surface area (Å²) in [4.78, 5) is 2.10. The Labute approximate surface area is 121 Å². The first-order chi connectivity index (χ1) is 9.58. The monoisotopic (exact) mass is 286 g/mol. The highest BCUT2D eigenvalue weighted by Crippen LogP contribution is 2.35. The number of thiophene rings is 1. The van der Waals surface area contributed by atoms with Crippen molar-refractivity contribution in [2.45, 2.75) is 20.0 Å². The molecule has 0 aliphatic carbocycles. The molecule has 1 unspecified atom stereocenters. The molecule has 0 radical (unpaired) electrons. The smallest absolute Gasteiger partial charge is 0.131 e. The number of fused-ring (bicyclic) bond motifs is 1. The van der Waals surface area contributed by atoms with Crippen molar-refractivity contribution in [2.24, 2.45) is 0 Å². The lowest BCUT2D eigenvalue weighted by Crippen LogP contribution is -2.00. The third kappa shape index (κ3) is 2.13. The summed E-state index contributed by atoms with van der Waals surface area (Å²) in [5, 5.41) is 12.0. The summed E-state index contributed by atoms with van der Waals surface area (Å²) in [5.74, 6) is -0.254. The lowest BCUT2D eigenvalue weighted by Gasteiger charge is -2.14. The Hall–Kier alpha value is -1.71. The molecule has 0 aliphatic rings. The van der Waals surface area contributed by atoms with E-state index in [1.807, 2.05) is 32.0 Å². The van der Waals surface area contributed by atoms with Crippen LogP contribution in [0.2, 0.25) is 0 Å². The molecule has 1 aromatic heterocycles. The number of aryl methyl sites for hydroxylation is 2. The van der Waals surface area contributed by atoms with Gasteiger partial charge in [-0.15, -0.1) is 11.3 Å². The quantitative estimate of drug-likeness (QED) is 0.721. The largest absolute Gasteiger partial charge is 0.383 e. The van der Waals surface area contributed by atoms with Crippen molar-refractivity contribution < 1.29 is 9.50 Å². The number of halogens is 1. The van der Waals surface area contributed by atoms with Crippen LogP contribution >= 0.6 is 11.3 Å². The topological polar surface area (TPSA) is 20.2 Å². The van der Waals surface area contributed by atoms with E-state index in [0.29, 0.717) is 5.39 Å². The third-order valence-corrected chi connectivity index (χ3v) is 4.73. The first-order valence-corrected chi connectivity index (χ1v) is 7.31. The van der Waals surface area contributed by atoms with Crippen LogP contribution in [-0.4, -0.2) is 5.11 Å². The molecule has 2 aromatic carbocycles. The molecule has 0 saturated heterocycles. The van der Waals surface area contributed by atoms with Gasteiger partial charge in [-0.05, 0) is 42.5 Å². The van der Waals surface area contributed by atoms with Crippen LogP contribution in [0, 0.1) is 19.7 Å². The second kappa shape index (κ2) is 5.00. The molecular weight excluding hydrogens is 271 g/mol. The minimum atomic E-state index is -0.709. The summed E-state index contributed by atoms with van der Waals surface area (Å²) >= 11 is 1.59. The Bertz CT molecular complexity index is 776. The van der Waals surface area contributed by atoms with Crippen LogP contribution < -0.4 is 0 Å². The molecule has 3 aromatic rings. The predicted molar refractivity (Wildman–Crippen MR) is 81.8 cm³/mol. The molecule has 0 fully saturated rings. The Morgan fingerprint density at radius 3 is 2.40 bits per heavy atom. The SMILES string of the molecule is Cc1cc(C)c(C(O)c2ccc(F)c3ccccc23)s1. The highest BCUT2D eigenvalue weighted by Gasteiger charge is 2.18. The Kier molecular flexibility index (Phi) is 3.32. The number of hydrogen-bond acceptors (Lipinski definition) is 2. The number of aliphatic hydroxyl groups is 1. The molecule has 1 nitrogen and oxygen atoms in total. The van der Waals surface area contributed by atoms with Crippen LogP contribution in [0.25, 0.3) is 10.8 Å². The normalized spacial score (nSPS) is 12.8. The third-order valence-electron chi connectivity index (χ3n) is 3.53. The number of benzene rings is 2. The van der Waals surface area contributed by atoms with E-state index in [0.717, 1.165) is 21.4 Å².